The normalized spacial score (nSPS) is 18.8. The first-order valence-corrected chi connectivity index (χ1v) is 12.6. The number of ether oxygens (including phenoxy) is 1. The van der Waals surface area contributed by atoms with Gasteiger partial charge in [-0.1, -0.05) is 12.1 Å². The van der Waals surface area contributed by atoms with Gasteiger partial charge in [-0.2, -0.15) is 0 Å². The molecule has 0 radical (unpaired) electrons. The topological polar surface area (TPSA) is 80.9 Å². The molecule has 9 heteroatoms. The molecule has 3 amide bonds. The molecule has 1 spiro atoms. The van der Waals surface area contributed by atoms with Crippen molar-refractivity contribution in [3.05, 3.63) is 59.5 Å². The number of nitrogens with one attached hydrogen (secondary N) is 2. The van der Waals surface area contributed by atoms with Crippen LogP contribution in [0.1, 0.15) is 37.1 Å². The predicted molar refractivity (Wildman–Crippen MR) is 141 cm³/mol. The Kier molecular flexibility index (Phi) is 6.58. The van der Waals surface area contributed by atoms with E-state index in [4.69, 9.17) is 4.74 Å². The fourth-order valence-electron chi connectivity index (χ4n) is 5.99. The van der Waals surface area contributed by atoms with Gasteiger partial charge < -0.3 is 29.7 Å². The van der Waals surface area contributed by atoms with Crippen molar-refractivity contribution in [1.29, 1.82) is 0 Å². The molecule has 1 atom stereocenters. The first-order valence-electron chi connectivity index (χ1n) is 12.6. The van der Waals surface area contributed by atoms with Gasteiger partial charge in [-0.3, -0.25) is 4.79 Å². The molecule has 2 aliphatic heterocycles. The first kappa shape index (κ1) is 25.1. The summed E-state index contributed by atoms with van der Waals surface area (Å²) in [7, 11) is 5.68. The predicted octanol–water partition coefficient (Wildman–Crippen LogP) is 4.35. The number of rotatable bonds is 4. The molecule has 3 aromatic rings. The van der Waals surface area contributed by atoms with Crippen LogP contribution in [0.5, 0.6) is 5.75 Å². The van der Waals surface area contributed by atoms with Crippen LogP contribution in [-0.4, -0.2) is 79.0 Å². The minimum absolute atomic E-state index is 0.0350. The lowest BCUT2D eigenvalue weighted by molar-refractivity contribution is -0.134. The average molecular weight is 508 g/mol. The second-order valence-corrected chi connectivity index (χ2v) is 10.4. The third kappa shape index (κ3) is 4.52. The van der Waals surface area contributed by atoms with E-state index in [1.165, 1.54) is 11.6 Å². The lowest BCUT2D eigenvalue weighted by atomic mass is 9.68. The number of H-pyrrole nitrogens is 1. The number of likely N-dealkylation sites (N-methyl/N-ethyl adjacent to an activating group) is 1. The Morgan fingerprint density at radius 2 is 1.92 bits per heavy atom. The van der Waals surface area contributed by atoms with Crippen molar-refractivity contribution >= 4 is 28.5 Å². The maximum absolute atomic E-state index is 14.1. The zero-order chi connectivity index (χ0) is 26.3. The monoisotopic (exact) mass is 507 g/mol. The number of carbonyl (C=O) groups excluding carboxylic acids is 2. The summed E-state index contributed by atoms with van der Waals surface area (Å²) >= 11 is 0. The number of fused-ring (bicyclic) bond motifs is 4. The van der Waals surface area contributed by atoms with E-state index in [0.717, 1.165) is 22.3 Å². The number of para-hydroxylation sites is 1. The van der Waals surface area contributed by atoms with Crippen LogP contribution in [0.2, 0.25) is 0 Å². The van der Waals surface area contributed by atoms with Crippen molar-refractivity contribution in [3.8, 4) is 5.75 Å². The van der Waals surface area contributed by atoms with E-state index in [1.807, 2.05) is 31.1 Å². The zero-order valence-electron chi connectivity index (χ0n) is 21.8. The Hall–Kier alpha value is -3.59. The Morgan fingerprint density at radius 3 is 2.57 bits per heavy atom. The van der Waals surface area contributed by atoms with E-state index in [0.29, 0.717) is 39.0 Å². The molecule has 1 fully saturated rings. The van der Waals surface area contributed by atoms with Crippen molar-refractivity contribution in [2.45, 2.75) is 31.2 Å². The van der Waals surface area contributed by atoms with Gasteiger partial charge >= 0.3 is 6.03 Å². The Labute approximate surface area is 216 Å². The SMILES string of the molecule is COc1ccc2c3c([nH]c2c1)[C@H](CN(C)C)N(C(C)=O)CC31CCN(C(=O)Nc2ccccc2F)CC1. The molecule has 2 aliphatic rings. The van der Waals surface area contributed by atoms with Crippen molar-refractivity contribution in [2.75, 3.05) is 52.7 Å². The highest BCUT2D eigenvalue weighted by Gasteiger charge is 2.48. The number of nitrogens with zero attached hydrogens (tertiary/aromatic N) is 3. The van der Waals surface area contributed by atoms with Gasteiger partial charge in [0.15, 0.2) is 0 Å². The van der Waals surface area contributed by atoms with Gasteiger partial charge in [-0.15, -0.1) is 0 Å². The molecule has 0 bridgehead atoms. The molecule has 8 nitrogen and oxygen atoms in total. The number of anilines is 1. The van der Waals surface area contributed by atoms with Gasteiger partial charge in [0.05, 0.1) is 18.8 Å². The lowest BCUT2D eigenvalue weighted by Crippen LogP contribution is -2.56. The van der Waals surface area contributed by atoms with E-state index in [1.54, 1.807) is 37.1 Å². The van der Waals surface area contributed by atoms with Gasteiger partial charge in [-0.25, -0.2) is 9.18 Å². The molecule has 2 N–H and O–H groups in total. The highest BCUT2D eigenvalue weighted by Crippen LogP contribution is 2.49. The Balaban J connectivity index is 1.50. The molecule has 37 heavy (non-hydrogen) atoms. The van der Waals surface area contributed by atoms with E-state index in [9.17, 15) is 14.0 Å². The zero-order valence-corrected chi connectivity index (χ0v) is 21.8. The van der Waals surface area contributed by atoms with Crippen LogP contribution < -0.4 is 10.1 Å². The van der Waals surface area contributed by atoms with Crippen LogP contribution >= 0.6 is 0 Å². The molecule has 3 heterocycles. The third-order valence-electron chi connectivity index (χ3n) is 7.81. The van der Waals surface area contributed by atoms with Crippen LogP contribution in [0.4, 0.5) is 14.9 Å². The number of methoxy groups -OCH3 is 1. The summed E-state index contributed by atoms with van der Waals surface area (Å²) < 4.78 is 19.6. The summed E-state index contributed by atoms with van der Waals surface area (Å²) in [6, 6.07) is 11.8. The number of likely N-dealkylation sites (tertiary alicyclic amines) is 1. The number of hydrogen-bond donors (Lipinski definition) is 2. The molecular formula is C28H34FN5O3. The van der Waals surface area contributed by atoms with Crippen LogP contribution in [0.25, 0.3) is 10.9 Å². The summed E-state index contributed by atoms with van der Waals surface area (Å²) in [5.41, 5.74) is 3.15. The molecule has 2 aromatic carbocycles. The summed E-state index contributed by atoms with van der Waals surface area (Å²) in [4.78, 5) is 35.3. The second kappa shape index (κ2) is 9.70. The number of urea groups is 1. The Morgan fingerprint density at radius 1 is 1.19 bits per heavy atom. The van der Waals surface area contributed by atoms with Gasteiger partial charge in [0.1, 0.15) is 11.6 Å². The molecule has 196 valence electrons. The van der Waals surface area contributed by atoms with Crippen molar-refractivity contribution in [3.63, 3.8) is 0 Å². The highest BCUT2D eigenvalue weighted by molar-refractivity contribution is 5.90. The van der Waals surface area contributed by atoms with Crippen LogP contribution in [0.3, 0.4) is 0 Å². The minimum atomic E-state index is -0.459. The number of piperidine rings is 1. The smallest absolute Gasteiger partial charge is 0.321 e. The van der Waals surface area contributed by atoms with Crippen LogP contribution in [0.15, 0.2) is 42.5 Å². The number of aromatic nitrogens is 1. The maximum atomic E-state index is 14.1. The lowest BCUT2D eigenvalue weighted by Gasteiger charge is -2.50. The number of halogens is 1. The maximum Gasteiger partial charge on any atom is 0.321 e. The molecule has 0 saturated carbocycles. The summed E-state index contributed by atoms with van der Waals surface area (Å²) in [5, 5.41) is 3.84. The highest BCUT2D eigenvalue weighted by atomic mass is 19.1. The molecule has 0 unspecified atom stereocenters. The average Bonchev–Trinajstić information content (AvgIpc) is 3.27. The molecule has 1 saturated heterocycles. The standard InChI is InChI=1S/C28H34FN5O3/c1-18(35)34-17-28(11-13-33(14-12-28)27(36)31-22-8-6-5-7-21(22)29)25-20-10-9-19(37-4)15-23(20)30-26(25)24(34)16-32(2)3/h5-10,15,24,30H,11-14,16-17H2,1-4H3,(H,31,36)/t24-/m0/s1. The number of carbonyl (C=O) groups is 2. The van der Waals surface area contributed by atoms with E-state index < -0.39 is 5.82 Å². The van der Waals surface area contributed by atoms with E-state index in [2.05, 4.69) is 21.3 Å². The molecule has 0 aliphatic carbocycles. The quantitative estimate of drug-likeness (QED) is 0.550. The minimum Gasteiger partial charge on any atom is -0.497 e. The fraction of sp³-hybridized carbons (Fsp3) is 0.429. The summed E-state index contributed by atoms with van der Waals surface area (Å²) in [6.07, 6.45) is 1.39. The molecule has 5 rings (SSSR count). The molecule has 1 aromatic heterocycles. The van der Waals surface area contributed by atoms with Gasteiger partial charge in [-0.05, 0) is 56.8 Å². The Bertz CT molecular complexity index is 1330. The van der Waals surface area contributed by atoms with Crippen molar-refractivity contribution in [1.82, 2.24) is 19.7 Å². The number of hydrogen-bond acceptors (Lipinski definition) is 4. The number of benzene rings is 2. The fourth-order valence-corrected chi connectivity index (χ4v) is 5.99. The summed E-state index contributed by atoms with van der Waals surface area (Å²) in [5.74, 6) is 0.347. The van der Waals surface area contributed by atoms with Crippen molar-refractivity contribution < 1.29 is 18.7 Å². The second-order valence-electron chi connectivity index (χ2n) is 10.4. The van der Waals surface area contributed by atoms with Crippen molar-refractivity contribution in [2.24, 2.45) is 0 Å². The first-order chi connectivity index (χ1) is 17.7. The largest absolute Gasteiger partial charge is 0.497 e. The van der Waals surface area contributed by atoms with Crippen LogP contribution in [-0.2, 0) is 10.2 Å². The van der Waals surface area contributed by atoms with E-state index in [-0.39, 0.29) is 29.1 Å². The number of amides is 3. The van der Waals surface area contributed by atoms with Gasteiger partial charge in [0.25, 0.3) is 0 Å². The number of aromatic amines is 1. The third-order valence-corrected chi connectivity index (χ3v) is 7.81. The molecular weight excluding hydrogens is 473 g/mol. The van der Waals surface area contributed by atoms with E-state index >= 15 is 0 Å². The van der Waals surface area contributed by atoms with Gasteiger partial charge in [0.2, 0.25) is 5.91 Å². The summed E-state index contributed by atoms with van der Waals surface area (Å²) in [6.45, 7) is 3.93. The van der Waals surface area contributed by atoms with Gasteiger partial charge in [0, 0.05) is 61.2 Å². The van der Waals surface area contributed by atoms with Crippen LogP contribution in [0, 0.1) is 5.82 Å².